The number of halogens is 1. The van der Waals surface area contributed by atoms with Crippen LogP contribution in [-0.2, 0) is 0 Å². The van der Waals surface area contributed by atoms with Gasteiger partial charge < -0.3 is 0 Å². The fourth-order valence-electron chi connectivity index (χ4n) is 0.272. The molecule has 8 heavy (non-hydrogen) atoms. The highest BCUT2D eigenvalue weighted by atomic mass is 79.9. The first-order valence-electron chi connectivity index (χ1n) is 2.09. The first kappa shape index (κ1) is 7.45. The van der Waals surface area contributed by atoms with Crippen molar-refractivity contribution in [1.29, 1.82) is 5.26 Å². The maximum Gasteiger partial charge on any atom is 0.0985 e. The van der Waals surface area contributed by atoms with Gasteiger partial charge in [0.25, 0.3) is 0 Å². The van der Waals surface area contributed by atoms with Crippen LogP contribution in [0.4, 0.5) is 0 Å². The Hall–Kier alpha value is -0.550. The lowest BCUT2D eigenvalue weighted by Gasteiger charge is -1.81. The minimum Gasteiger partial charge on any atom is -0.192 e. The molecule has 0 rings (SSSR count). The molecule has 0 heterocycles. The average molecular weight is 172 g/mol. The van der Waals surface area contributed by atoms with Crippen LogP contribution in [0.5, 0.6) is 0 Å². The summed E-state index contributed by atoms with van der Waals surface area (Å²) in [4.78, 5) is 0. The van der Waals surface area contributed by atoms with Gasteiger partial charge in [0.05, 0.1) is 6.07 Å². The van der Waals surface area contributed by atoms with Crippen LogP contribution in [0.2, 0.25) is 0 Å². The van der Waals surface area contributed by atoms with E-state index in [1.807, 2.05) is 13.0 Å². The Morgan fingerprint density at radius 1 is 1.88 bits per heavy atom. The van der Waals surface area contributed by atoms with Gasteiger partial charge in [-0.25, -0.2) is 0 Å². The predicted octanol–water partition coefficient (Wildman–Crippen LogP) is 2.36. The van der Waals surface area contributed by atoms with Crippen LogP contribution < -0.4 is 0 Å². The van der Waals surface area contributed by atoms with Crippen LogP contribution in [0, 0.1) is 11.3 Å². The van der Waals surface area contributed by atoms with Crippen LogP contribution in [0.1, 0.15) is 6.92 Å². The average Bonchev–Trinajstić information content (AvgIpc) is 1.65. The van der Waals surface area contributed by atoms with Gasteiger partial charge >= 0.3 is 0 Å². The summed E-state index contributed by atoms with van der Waals surface area (Å²) in [5, 5.41) is 8.17. The van der Waals surface area contributed by atoms with E-state index in [4.69, 9.17) is 5.26 Å². The summed E-state index contributed by atoms with van der Waals surface area (Å²) in [6.45, 7) is 5.30. The molecular formula is C6H6BrN. The topological polar surface area (TPSA) is 23.8 Å². The van der Waals surface area contributed by atoms with E-state index in [2.05, 4.69) is 22.5 Å². The number of allylic oxidation sites excluding steroid dienone is 3. The molecule has 0 fully saturated rings. The maximum absolute atomic E-state index is 8.17. The van der Waals surface area contributed by atoms with Crippen LogP contribution in [0.15, 0.2) is 22.7 Å². The molecule has 0 aromatic heterocycles. The Labute approximate surface area is 57.4 Å². The summed E-state index contributed by atoms with van der Waals surface area (Å²) in [7, 11) is 0. The molecule has 0 aromatic rings. The second kappa shape index (κ2) is 3.45. The molecule has 0 unspecified atom stereocenters. The van der Waals surface area contributed by atoms with E-state index in [1.165, 1.54) is 0 Å². The second-order valence-corrected chi connectivity index (χ2v) is 2.62. The molecule has 42 valence electrons. The third-order valence-electron chi connectivity index (χ3n) is 0.517. The first-order valence-corrected chi connectivity index (χ1v) is 2.89. The Morgan fingerprint density at radius 3 is 2.50 bits per heavy atom. The molecule has 0 saturated heterocycles. The van der Waals surface area contributed by atoms with Gasteiger partial charge in [-0.05, 0) is 17.5 Å². The zero-order valence-corrected chi connectivity index (χ0v) is 6.20. The minimum atomic E-state index is 0.472. The van der Waals surface area contributed by atoms with E-state index in [-0.39, 0.29) is 0 Å². The van der Waals surface area contributed by atoms with Crippen molar-refractivity contribution in [2.24, 2.45) is 0 Å². The molecule has 0 amide bonds. The van der Waals surface area contributed by atoms with Gasteiger partial charge in [0, 0.05) is 5.57 Å². The van der Waals surface area contributed by atoms with E-state index in [0.29, 0.717) is 5.57 Å². The van der Waals surface area contributed by atoms with Crippen molar-refractivity contribution in [2.45, 2.75) is 6.92 Å². The van der Waals surface area contributed by atoms with Crippen LogP contribution >= 0.6 is 15.9 Å². The quantitative estimate of drug-likeness (QED) is 0.440. The fourth-order valence-corrected chi connectivity index (χ4v) is 0.549. The van der Waals surface area contributed by atoms with Gasteiger partial charge in [0.2, 0.25) is 0 Å². The van der Waals surface area contributed by atoms with Gasteiger partial charge in [-0.1, -0.05) is 22.5 Å². The summed E-state index contributed by atoms with van der Waals surface area (Å²) >= 11 is 3.16. The molecule has 0 aliphatic carbocycles. The zero-order chi connectivity index (χ0) is 6.57. The molecule has 1 nitrogen and oxygen atoms in total. The van der Waals surface area contributed by atoms with Crippen molar-refractivity contribution >= 4 is 15.9 Å². The van der Waals surface area contributed by atoms with E-state index in [1.54, 1.807) is 6.08 Å². The molecule has 0 N–H and O–H groups in total. The van der Waals surface area contributed by atoms with Gasteiger partial charge in [0.1, 0.15) is 0 Å². The molecule has 2 heteroatoms. The zero-order valence-electron chi connectivity index (χ0n) is 4.61. The van der Waals surface area contributed by atoms with E-state index in [9.17, 15) is 0 Å². The fraction of sp³-hybridized carbons (Fsp3) is 0.167. The van der Waals surface area contributed by atoms with Crippen LogP contribution in [0.3, 0.4) is 0 Å². The SMILES string of the molecule is C=C(C#N)C=C(C)Br. The Kier molecular flexibility index (Phi) is 3.21. The third kappa shape index (κ3) is 3.63. The lowest BCUT2D eigenvalue weighted by Crippen LogP contribution is -1.64. The highest BCUT2D eigenvalue weighted by Crippen LogP contribution is 2.04. The normalized spacial score (nSPS) is 10.4. The van der Waals surface area contributed by atoms with Crippen molar-refractivity contribution in [3.8, 4) is 6.07 Å². The Morgan fingerprint density at radius 2 is 2.38 bits per heavy atom. The van der Waals surface area contributed by atoms with Crippen molar-refractivity contribution in [3.05, 3.63) is 22.7 Å². The Balaban J connectivity index is 3.95. The first-order chi connectivity index (χ1) is 3.66. The molecule has 0 saturated carbocycles. The minimum absolute atomic E-state index is 0.472. The van der Waals surface area contributed by atoms with Crippen molar-refractivity contribution in [1.82, 2.24) is 0 Å². The molecule has 0 atom stereocenters. The maximum atomic E-state index is 8.17. The van der Waals surface area contributed by atoms with Crippen molar-refractivity contribution < 1.29 is 0 Å². The summed E-state index contributed by atoms with van der Waals surface area (Å²) in [6, 6.07) is 1.90. The number of hydrogen-bond acceptors (Lipinski definition) is 1. The lowest BCUT2D eigenvalue weighted by atomic mass is 10.3. The summed E-state index contributed by atoms with van der Waals surface area (Å²) in [5.74, 6) is 0. The smallest absolute Gasteiger partial charge is 0.0985 e. The number of nitrogens with zero attached hydrogens (tertiary/aromatic N) is 1. The van der Waals surface area contributed by atoms with E-state index >= 15 is 0 Å². The summed E-state index contributed by atoms with van der Waals surface area (Å²) < 4.78 is 0.920. The largest absolute Gasteiger partial charge is 0.192 e. The highest BCUT2D eigenvalue weighted by Gasteiger charge is 1.81. The van der Waals surface area contributed by atoms with Crippen LogP contribution in [0.25, 0.3) is 0 Å². The monoisotopic (exact) mass is 171 g/mol. The van der Waals surface area contributed by atoms with Gasteiger partial charge in [0.15, 0.2) is 0 Å². The second-order valence-electron chi connectivity index (χ2n) is 1.37. The molecule has 0 aliphatic heterocycles. The molecule has 0 radical (unpaired) electrons. The standard InChI is InChI=1S/C6H6BrN/c1-5(4-8)3-6(2)7/h3H,1H2,2H3. The van der Waals surface area contributed by atoms with Gasteiger partial charge in [-0.2, -0.15) is 5.26 Å². The van der Waals surface area contributed by atoms with E-state index in [0.717, 1.165) is 4.48 Å². The summed E-state index contributed by atoms with van der Waals surface area (Å²) in [6.07, 6.45) is 1.67. The lowest BCUT2D eigenvalue weighted by molar-refractivity contribution is 1.50. The van der Waals surface area contributed by atoms with Crippen molar-refractivity contribution in [2.75, 3.05) is 0 Å². The van der Waals surface area contributed by atoms with Gasteiger partial charge in [-0.3, -0.25) is 0 Å². The number of rotatable bonds is 1. The van der Waals surface area contributed by atoms with E-state index < -0.39 is 0 Å². The molecular weight excluding hydrogens is 166 g/mol. The third-order valence-corrected chi connectivity index (χ3v) is 0.746. The predicted molar refractivity (Wildman–Crippen MR) is 37.4 cm³/mol. The van der Waals surface area contributed by atoms with Gasteiger partial charge in [-0.15, -0.1) is 0 Å². The molecule has 0 bridgehead atoms. The van der Waals surface area contributed by atoms with Crippen molar-refractivity contribution in [3.63, 3.8) is 0 Å². The number of nitriles is 1. The molecule has 0 spiro atoms. The molecule has 0 aliphatic rings. The van der Waals surface area contributed by atoms with Crippen LogP contribution in [-0.4, -0.2) is 0 Å². The highest BCUT2D eigenvalue weighted by molar-refractivity contribution is 9.11. The number of hydrogen-bond donors (Lipinski definition) is 0. The summed E-state index contributed by atoms with van der Waals surface area (Å²) in [5.41, 5.74) is 0.472. The Bertz CT molecular complexity index is 158. The molecule has 0 aromatic carbocycles.